The number of carbonyl (C=O) groups excluding carboxylic acids is 1. The Balaban J connectivity index is 1.47. The van der Waals surface area contributed by atoms with Gasteiger partial charge in [-0.2, -0.15) is 4.98 Å². The van der Waals surface area contributed by atoms with Crippen LogP contribution >= 0.6 is 11.6 Å². The van der Waals surface area contributed by atoms with Crippen molar-refractivity contribution in [3.05, 3.63) is 70.5 Å². The predicted octanol–water partition coefficient (Wildman–Crippen LogP) is 4.18. The van der Waals surface area contributed by atoms with E-state index in [0.717, 1.165) is 5.56 Å². The molecule has 1 fully saturated rings. The van der Waals surface area contributed by atoms with Gasteiger partial charge < -0.3 is 9.42 Å². The van der Waals surface area contributed by atoms with Gasteiger partial charge in [0.1, 0.15) is 11.6 Å². The number of hydrogen-bond acceptors (Lipinski definition) is 4. The van der Waals surface area contributed by atoms with Crippen LogP contribution in [0.15, 0.2) is 47.0 Å². The second-order valence-electron chi connectivity index (χ2n) is 6.39. The summed E-state index contributed by atoms with van der Waals surface area (Å²) in [4.78, 5) is 18.3. The van der Waals surface area contributed by atoms with Crippen LogP contribution in [0.2, 0.25) is 5.02 Å². The van der Waals surface area contributed by atoms with Crippen LogP contribution in [0.5, 0.6) is 0 Å². The molecule has 2 aromatic carbocycles. The summed E-state index contributed by atoms with van der Waals surface area (Å²) in [5, 5.41) is 3.99. The number of aromatic nitrogens is 2. The molecule has 0 N–H and O–H groups in total. The summed E-state index contributed by atoms with van der Waals surface area (Å²) >= 11 is 5.80. The Morgan fingerprint density at radius 2 is 1.96 bits per heavy atom. The summed E-state index contributed by atoms with van der Waals surface area (Å²) in [5.41, 5.74) is 1.35. The molecule has 2 heterocycles. The topological polar surface area (TPSA) is 59.2 Å². The molecule has 1 saturated heterocycles. The summed E-state index contributed by atoms with van der Waals surface area (Å²) in [5.74, 6) is -0.383. The zero-order chi connectivity index (χ0) is 19.0. The lowest BCUT2D eigenvalue weighted by Gasteiger charge is -2.16. The van der Waals surface area contributed by atoms with E-state index in [-0.39, 0.29) is 35.0 Å². The van der Waals surface area contributed by atoms with Crippen LogP contribution in [-0.4, -0.2) is 27.5 Å². The molecule has 1 unspecified atom stereocenters. The molecular weight excluding hydrogens is 376 g/mol. The number of hydrogen-bond donors (Lipinski definition) is 0. The highest BCUT2D eigenvalue weighted by Gasteiger charge is 2.33. The minimum absolute atomic E-state index is 0.0257. The molecular formula is C19H14ClF2N3O2. The van der Waals surface area contributed by atoms with E-state index in [4.69, 9.17) is 16.1 Å². The van der Waals surface area contributed by atoms with Gasteiger partial charge >= 0.3 is 0 Å². The van der Waals surface area contributed by atoms with Crippen LogP contribution in [0, 0.1) is 11.6 Å². The van der Waals surface area contributed by atoms with E-state index >= 15 is 0 Å². The van der Waals surface area contributed by atoms with Crippen LogP contribution in [0.3, 0.4) is 0 Å². The van der Waals surface area contributed by atoms with Crippen LogP contribution in [0.4, 0.5) is 8.78 Å². The lowest BCUT2D eigenvalue weighted by molar-refractivity contribution is -0.128. The molecule has 1 aliphatic rings. The summed E-state index contributed by atoms with van der Waals surface area (Å²) in [6.07, 6.45) is 0.261. The maximum Gasteiger partial charge on any atom is 0.257 e. The van der Waals surface area contributed by atoms with Crippen molar-refractivity contribution in [1.82, 2.24) is 15.0 Å². The minimum atomic E-state index is -0.494. The molecule has 5 nitrogen and oxygen atoms in total. The Morgan fingerprint density at radius 3 is 2.70 bits per heavy atom. The average molecular weight is 390 g/mol. The first kappa shape index (κ1) is 17.6. The van der Waals surface area contributed by atoms with Crippen molar-refractivity contribution in [2.75, 3.05) is 6.54 Å². The zero-order valence-electron chi connectivity index (χ0n) is 14.0. The maximum atomic E-state index is 13.3. The molecule has 0 spiro atoms. The third kappa shape index (κ3) is 3.68. The highest BCUT2D eigenvalue weighted by atomic mass is 35.5. The SMILES string of the molecule is O=C1CC(c2noc(-c3ccc(F)cc3)n2)CN1Cc1ccc(F)c(Cl)c1. The van der Waals surface area contributed by atoms with Crippen LogP contribution < -0.4 is 0 Å². The Labute approximate surface area is 158 Å². The van der Waals surface area contributed by atoms with Crippen LogP contribution in [-0.2, 0) is 11.3 Å². The molecule has 0 bridgehead atoms. The lowest BCUT2D eigenvalue weighted by atomic mass is 10.1. The van der Waals surface area contributed by atoms with Gasteiger partial charge in [-0.3, -0.25) is 4.79 Å². The standard InChI is InChI=1S/C19H14ClF2N3O2/c20-15-7-11(1-6-16(15)22)9-25-10-13(8-17(25)26)18-23-19(27-24-18)12-2-4-14(21)5-3-12/h1-7,13H,8-10H2. The first-order valence-corrected chi connectivity index (χ1v) is 8.68. The highest BCUT2D eigenvalue weighted by Crippen LogP contribution is 2.29. The number of nitrogens with zero attached hydrogens (tertiary/aromatic N) is 3. The zero-order valence-corrected chi connectivity index (χ0v) is 14.8. The van der Waals surface area contributed by atoms with E-state index in [1.807, 2.05) is 0 Å². The summed E-state index contributed by atoms with van der Waals surface area (Å²) in [6, 6.07) is 10.1. The first-order chi connectivity index (χ1) is 13.0. The Morgan fingerprint density at radius 1 is 1.19 bits per heavy atom. The van der Waals surface area contributed by atoms with Gasteiger partial charge in [0.2, 0.25) is 5.91 Å². The van der Waals surface area contributed by atoms with Gasteiger partial charge in [-0.15, -0.1) is 0 Å². The van der Waals surface area contributed by atoms with Crippen molar-refractivity contribution < 1.29 is 18.1 Å². The number of amides is 1. The smallest absolute Gasteiger partial charge is 0.257 e. The highest BCUT2D eigenvalue weighted by molar-refractivity contribution is 6.30. The van der Waals surface area contributed by atoms with Gasteiger partial charge in [0.05, 0.1) is 5.02 Å². The number of carbonyl (C=O) groups is 1. The Kier molecular flexibility index (Phi) is 4.61. The number of rotatable bonds is 4. The van der Waals surface area contributed by atoms with E-state index in [9.17, 15) is 13.6 Å². The third-order valence-electron chi connectivity index (χ3n) is 4.47. The second kappa shape index (κ2) is 7.08. The van der Waals surface area contributed by atoms with E-state index in [1.54, 1.807) is 23.1 Å². The predicted molar refractivity (Wildman–Crippen MR) is 93.9 cm³/mol. The molecule has 1 amide bonds. The van der Waals surface area contributed by atoms with E-state index in [2.05, 4.69) is 10.1 Å². The third-order valence-corrected chi connectivity index (χ3v) is 4.76. The molecule has 27 heavy (non-hydrogen) atoms. The number of likely N-dealkylation sites (tertiary alicyclic amines) is 1. The fourth-order valence-corrected chi connectivity index (χ4v) is 3.27. The molecule has 138 valence electrons. The molecule has 3 aromatic rings. The lowest BCUT2D eigenvalue weighted by Crippen LogP contribution is -2.24. The number of halogens is 3. The maximum absolute atomic E-state index is 13.3. The van der Waals surface area contributed by atoms with E-state index < -0.39 is 5.82 Å². The van der Waals surface area contributed by atoms with Crippen molar-refractivity contribution in [3.63, 3.8) is 0 Å². The molecule has 0 saturated carbocycles. The molecule has 0 radical (unpaired) electrons. The summed E-state index contributed by atoms with van der Waals surface area (Å²) in [6.45, 7) is 0.758. The fraction of sp³-hybridized carbons (Fsp3) is 0.211. The fourth-order valence-electron chi connectivity index (χ4n) is 3.07. The molecule has 0 aliphatic carbocycles. The molecule has 4 rings (SSSR count). The van der Waals surface area contributed by atoms with Gasteiger partial charge in [0, 0.05) is 31.0 Å². The van der Waals surface area contributed by atoms with Gasteiger partial charge in [-0.25, -0.2) is 8.78 Å². The summed E-state index contributed by atoms with van der Waals surface area (Å²) < 4.78 is 31.6. The average Bonchev–Trinajstić information content (AvgIpc) is 3.26. The molecule has 1 aromatic heterocycles. The molecule has 1 atom stereocenters. The van der Waals surface area contributed by atoms with Gasteiger partial charge in [0.25, 0.3) is 5.89 Å². The van der Waals surface area contributed by atoms with Crippen LogP contribution in [0.1, 0.15) is 23.7 Å². The van der Waals surface area contributed by atoms with Crippen molar-refractivity contribution in [2.45, 2.75) is 18.9 Å². The summed E-state index contributed by atoms with van der Waals surface area (Å²) in [7, 11) is 0. The molecule has 8 heteroatoms. The first-order valence-electron chi connectivity index (χ1n) is 8.31. The van der Waals surface area contributed by atoms with Crippen molar-refractivity contribution >= 4 is 17.5 Å². The van der Waals surface area contributed by atoms with Gasteiger partial charge in [-0.05, 0) is 42.0 Å². The Bertz CT molecular complexity index is 991. The molecule has 1 aliphatic heterocycles. The van der Waals surface area contributed by atoms with Crippen LogP contribution in [0.25, 0.3) is 11.5 Å². The normalized spacial score (nSPS) is 16.9. The van der Waals surface area contributed by atoms with Crippen molar-refractivity contribution in [3.8, 4) is 11.5 Å². The van der Waals surface area contributed by atoms with E-state index in [1.165, 1.54) is 24.3 Å². The second-order valence-corrected chi connectivity index (χ2v) is 6.80. The monoisotopic (exact) mass is 389 g/mol. The quantitative estimate of drug-likeness (QED) is 0.671. The van der Waals surface area contributed by atoms with Crippen molar-refractivity contribution in [2.24, 2.45) is 0 Å². The number of benzene rings is 2. The Hall–Kier alpha value is -2.80. The van der Waals surface area contributed by atoms with Gasteiger partial charge in [-0.1, -0.05) is 22.8 Å². The van der Waals surface area contributed by atoms with E-state index in [0.29, 0.717) is 24.5 Å². The minimum Gasteiger partial charge on any atom is -0.338 e. The van der Waals surface area contributed by atoms with Crippen molar-refractivity contribution in [1.29, 1.82) is 0 Å². The van der Waals surface area contributed by atoms with Gasteiger partial charge in [0.15, 0.2) is 5.82 Å². The largest absolute Gasteiger partial charge is 0.338 e.